The highest BCUT2D eigenvalue weighted by Crippen LogP contribution is 2.27. The van der Waals surface area contributed by atoms with E-state index >= 15 is 0 Å². The Bertz CT molecular complexity index is 932. The van der Waals surface area contributed by atoms with E-state index in [2.05, 4.69) is 32.2 Å². The van der Waals surface area contributed by atoms with Crippen molar-refractivity contribution < 1.29 is 4.79 Å². The van der Waals surface area contributed by atoms with Gasteiger partial charge in [-0.15, -0.1) is 30.3 Å². The van der Waals surface area contributed by atoms with Crippen LogP contribution in [0.15, 0.2) is 54.8 Å². The van der Waals surface area contributed by atoms with Gasteiger partial charge >= 0.3 is 0 Å². The van der Waals surface area contributed by atoms with Crippen LogP contribution in [-0.2, 0) is 0 Å². The van der Waals surface area contributed by atoms with Crippen LogP contribution in [0, 0.1) is 6.92 Å². The molecule has 0 bridgehead atoms. The third kappa shape index (κ3) is 5.51. The summed E-state index contributed by atoms with van der Waals surface area (Å²) in [6.45, 7) is 5.68. The normalized spacial score (nSPS) is 11.2. The second-order valence-corrected chi connectivity index (χ2v) is 7.10. The van der Waals surface area contributed by atoms with Gasteiger partial charge in [-0.25, -0.2) is 9.97 Å². The van der Waals surface area contributed by atoms with Gasteiger partial charge in [0.05, 0.1) is 22.9 Å². The van der Waals surface area contributed by atoms with E-state index in [0.29, 0.717) is 22.3 Å². The number of anilines is 2. The molecular weight excluding hydrogens is 417 g/mol. The van der Waals surface area contributed by atoms with Gasteiger partial charge in [0.2, 0.25) is 0 Å². The van der Waals surface area contributed by atoms with Crippen molar-refractivity contribution in [2.45, 2.75) is 19.4 Å². The number of rotatable bonds is 7. The Labute approximate surface area is 178 Å². The van der Waals surface area contributed by atoms with Gasteiger partial charge < -0.3 is 10.6 Å². The molecule has 9 heteroatoms. The Hall–Kier alpha value is -2.48. The van der Waals surface area contributed by atoms with Gasteiger partial charge in [0, 0.05) is 23.5 Å². The average molecular weight is 436 g/mol. The first-order valence-electron chi connectivity index (χ1n) is 8.23. The molecule has 0 unspecified atom stereocenters. The minimum Gasteiger partial charge on any atom is -0.343 e. The zero-order chi connectivity index (χ0) is 19.2. The fourth-order valence-electron chi connectivity index (χ4n) is 2.41. The van der Waals surface area contributed by atoms with Crippen molar-refractivity contribution >= 4 is 52.8 Å². The summed E-state index contributed by atoms with van der Waals surface area (Å²) in [5.41, 5.74) is 2.51. The molecular formula is C19H19Cl2N5OS. The Morgan fingerprint density at radius 2 is 2.14 bits per heavy atom. The quantitative estimate of drug-likeness (QED) is 0.504. The third-order valence-corrected chi connectivity index (χ3v) is 4.83. The lowest BCUT2D eigenvalue weighted by molar-refractivity contribution is 0.0936. The second kappa shape index (κ2) is 10.2. The molecule has 28 heavy (non-hydrogen) atoms. The van der Waals surface area contributed by atoms with Crippen LogP contribution in [0.5, 0.6) is 0 Å². The zero-order valence-electron chi connectivity index (χ0n) is 15.1. The van der Waals surface area contributed by atoms with E-state index in [0.717, 1.165) is 16.9 Å². The topological polar surface area (TPSA) is 79.8 Å². The molecule has 0 aliphatic heterocycles. The fourth-order valence-corrected chi connectivity index (χ4v) is 3.17. The van der Waals surface area contributed by atoms with Crippen LogP contribution in [0.3, 0.4) is 0 Å². The van der Waals surface area contributed by atoms with E-state index in [9.17, 15) is 4.79 Å². The highest BCUT2D eigenvalue weighted by molar-refractivity contribution is 7.11. The van der Waals surface area contributed by atoms with E-state index < -0.39 is 0 Å². The lowest BCUT2D eigenvalue weighted by Crippen LogP contribution is -2.28. The molecule has 0 aromatic carbocycles. The van der Waals surface area contributed by atoms with Gasteiger partial charge in [0.1, 0.15) is 5.82 Å². The number of hydrogen-bond donors (Lipinski definition) is 2. The summed E-state index contributed by atoms with van der Waals surface area (Å²) >= 11 is 7.68. The van der Waals surface area contributed by atoms with Gasteiger partial charge in [-0.2, -0.15) is 0 Å². The van der Waals surface area contributed by atoms with E-state index in [4.69, 9.17) is 11.6 Å². The number of nitrogens with one attached hydrogen (secondary N) is 2. The first kappa shape index (κ1) is 21.8. The van der Waals surface area contributed by atoms with Gasteiger partial charge in [0.15, 0.2) is 5.01 Å². The average Bonchev–Trinajstić information content (AvgIpc) is 3.20. The Balaban J connectivity index is 0.00000280. The smallest absolute Gasteiger partial charge is 0.280 e. The van der Waals surface area contributed by atoms with Crippen LogP contribution in [-0.4, -0.2) is 20.9 Å². The Kier molecular flexibility index (Phi) is 7.92. The molecule has 0 radical (unpaired) electrons. The third-order valence-electron chi connectivity index (χ3n) is 3.77. The van der Waals surface area contributed by atoms with Crippen molar-refractivity contribution in [2.75, 3.05) is 5.32 Å². The van der Waals surface area contributed by atoms with Crippen LogP contribution in [0.25, 0.3) is 0 Å². The first-order chi connectivity index (χ1) is 13.1. The lowest BCUT2D eigenvalue weighted by Gasteiger charge is -2.18. The number of nitrogens with zero attached hydrogens (tertiary/aromatic N) is 3. The van der Waals surface area contributed by atoms with Gasteiger partial charge in [-0.3, -0.25) is 9.78 Å². The summed E-state index contributed by atoms with van der Waals surface area (Å²) in [7, 11) is 0. The molecule has 3 aromatic heterocycles. The summed E-state index contributed by atoms with van der Waals surface area (Å²) in [6, 6.07) is 5.30. The molecule has 1 amide bonds. The number of pyridine rings is 2. The molecule has 0 saturated heterocycles. The number of aryl methyl sites for hydroxylation is 1. The highest BCUT2D eigenvalue weighted by atomic mass is 35.5. The van der Waals surface area contributed by atoms with Crippen molar-refractivity contribution in [2.24, 2.45) is 0 Å². The van der Waals surface area contributed by atoms with E-state index in [-0.39, 0.29) is 24.4 Å². The molecule has 0 spiro atoms. The SMILES string of the molecule is C=CC[C@@H](NC(=O)c1nccs1)c1cnc(Nc2ccc(C)nc2)c(Cl)c1.Cl. The summed E-state index contributed by atoms with van der Waals surface area (Å²) < 4.78 is 0. The molecule has 3 heterocycles. The molecule has 0 aliphatic rings. The van der Waals surface area contributed by atoms with Crippen molar-refractivity contribution in [1.82, 2.24) is 20.3 Å². The second-order valence-electron chi connectivity index (χ2n) is 5.80. The van der Waals surface area contributed by atoms with Crippen LogP contribution in [0.4, 0.5) is 11.5 Å². The summed E-state index contributed by atoms with van der Waals surface area (Å²) in [6.07, 6.45) is 7.29. The molecule has 0 fully saturated rings. The number of aromatic nitrogens is 3. The summed E-state index contributed by atoms with van der Waals surface area (Å²) in [5.74, 6) is 0.288. The molecule has 3 aromatic rings. The number of amides is 1. The van der Waals surface area contributed by atoms with Crippen molar-refractivity contribution in [3.8, 4) is 0 Å². The molecule has 0 saturated carbocycles. The standard InChI is InChI=1S/C19H18ClN5OS.ClH/c1-3-4-16(25-18(26)19-21-7-8-27-19)13-9-15(20)17(23-10-13)24-14-6-5-12(2)22-11-14;/h3,5-11,16H,1,4H2,2H3,(H,23,24)(H,25,26);1H/t16-;/m1./s1. The van der Waals surface area contributed by atoms with E-state index in [1.54, 1.807) is 36.1 Å². The van der Waals surface area contributed by atoms with Crippen LogP contribution in [0.1, 0.15) is 33.5 Å². The Morgan fingerprint density at radius 3 is 2.75 bits per heavy atom. The zero-order valence-corrected chi connectivity index (χ0v) is 17.4. The maximum absolute atomic E-state index is 12.3. The molecule has 146 valence electrons. The molecule has 2 N–H and O–H groups in total. The van der Waals surface area contributed by atoms with Crippen LogP contribution < -0.4 is 10.6 Å². The number of thiazole rings is 1. The van der Waals surface area contributed by atoms with Crippen molar-refractivity contribution in [1.29, 1.82) is 0 Å². The first-order valence-corrected chi connectivity index (χ1v) is 9.49. The van der Waals surface area contributed by atoms with Crippen LogP contribution in [0.2, 0.25) is 5.02 Å². The maximum atomic E-state index is 12.3. The monoisotopic (exact) mass is 435 g/mol. The molecule has 6 nitrogen and oxygen atoms in total. The largest absolute Gasteiger partial charge is 0.343 e. The van der Waals surface area contributed by atoms with Crippen molar-refractivity contribution in [3.05, 3.63) is 76.1 Å². The Morgan fingerprint density at radius 1 is 1.32 bits per heavy atom. The fraction of sp³-hybridized carbons (Fsp3) is 0.158. The summed E-state index contributed by atoms with van der Waals surface area (Å²) in [5, 5.41) is 8.71. The highest BCUT2D eigenvalue weighted by Gasteiger charge is 2.18. The maximum Gasteiger partial charge on any atom is 0.280 e. The van der Waals surface area contributed by atoms with Gasteiger partial charge in [-0.1, -0.05) is 17.7 Å². The minimum absolute atomic E-state index is 0. The predicted octanol–water partition coefficient (Wildman–Crippen LogP) is 5.11. The number of carbonyl (C=O) groups excluding carboxylic acids is 1. The minimum atomic E-state index is -0.293. The van der Waals surface area contributed by atoms with Crippen LogP contribution >= 0.6 is 35.3 Å². The number of carbonyl (C=O) groups is 1. The molecule has 3 rings (SSSR count). The molecule has 0 aliphatic carbocycles. The van der Waals surface area contributed by atoms with E-state index in [1.165, 1.54) is 11.3 Å². The van der Waals surface area contributed by atoms with Gasteiger partial charge in [-0.05, 0) is 37.1 Å². The number of halogens is 2. The predicted molar refractivity (Wildman–Crippen MR) is 116 cm³/mol. The summed E-state index contributed by atoms with van der Waals surface area (Å²) in [4.78, 5) is 25.0. The molecule has 1 atom stereocenters. The van der Waals surface area contributed by atoms with E-state index in [1.807, 2.05) is 19.1 Å². The van der Waals surface area contributed by atoms with Gasteiger partial charge in [0.25, 0.3) is 5.91 Å². The van der Waals surface area contributed by atoms with Crippen molar-refractivity contribution in [3.63, 3.8) is 0 Å². The number of hydrogen-bond acceptors (Lipinski definition) is 6. The lowest BCUT2D eigenvalue weighted by atomic mass is 10.1.